The highest BCUT2D eigenvalue weighted by Crippen LogP contribution is 2.18. The number of halogens is 2. The minimum atomic E-state index is -0.893. The highest BCUT2D eigenvalue weighted by molar-refractivity contribution is 7.71. The first-order valence-corrected chi connectivity index (χ1v) is 4.57. The van der Waals surface area contributed by atoms with E-state index >= 15 is 0 Å². The number of nitrogens with one attached hydrogen (secondary N) is 1. The highest BCUT2D eigenvalue weighted by atomic mass is 32.1. The van der Waals surface area contributed by atoms with Crippen molar-refractivity contribution in [1.29, 1.82) is 0 Å². The molecule has 0 amide bonds. The van der Waals surface area contributed by atoms with Crippen LogP contribution in [0.4, 0.5) is 8.78 Å². The quantitative estimate of drug-likeness (QED) is 0.754. The molecule has 0 saturated heterocycles. The molecule has 1 N–H and O–H groups in total. The Morgan fingerprint density at radius 2 is 1.93 bits per heavy atom. The Bertz CT molecular complexity index is 551. The summed E-state index contributed by atoms with van der Waals surface area (Å²) in [5.74, 6) is -1.77. The van der Waals surface area contributed by atoms with E-state index in [0.717, 1.165) is 12.1 Å². The lowest BCUT2D eigenvalue weighted by Crippen LogP contribution is -1.89. The van der Waals surface area contributed by atoms with Crippen LogP contribution in [0, 0.1) is 16.3 Å². The number of rotatable bonds is 1. The molecule has 15 heavy (non-hydrogen) atoms. The van der Waals surface area contributed by atoms with Gasteiger partial charge in [0.2, 0.25) is 0 Å². The van der Waals surface area contributed by atoms with Crippen molar-refractivity contribution >= 4 is 12.2 Å². The van der Waals surface area contributed by atoms with Crippen molar-refractivity contribution in [2.75, 3.05) is 0 Å². The second kappa shape index (κ2) is 3.86. The second-order valence-electron chi connectivity index (χ2n) is 2.94. The number of nitrogens with zero attached hydrogens (tertiary/aromatic N) is 1. The maximum atomic E-state index is 12.9. The molecule has 0 aliphatic carbocycles. The first kappa shape index (κ1) is 9.92. The van der Waals surface area contributed by atoms with Gasteiger partial charge in [0.25, 0.3) is 0 Å². The Hall–Kier alpha value is -1.62. The van der Waals surface area contributed by atoms with Crippen molar-refractivity contribution in [3.8, 4) is 11.3 Å². The summed E-state index contributed by atoms with van der Waals surface area (Å²) >= 11 is 4.87. The van der Waals surface area contributed by atoms with Crippen LogP contribution in [0.15, 0.2) is 30.6 Å². The lowest BCUT2D eigenvalue weighted by Gasteiger charge is -2.01. The molecule has 0 aliphatic rings. The summed E-state index contributed by atoms with van der Waals surface area (Å²) < 4.78 is 26.0. The molecule has 1 aromatic heterocycles. The van der Waals surface area contributed by atoms with Gasteiger partial charge >= 0.3 is 0 Å². The highest BCUT2D eigenvalue weighted by Gasteiger charge is 2.04. The van der Waals surface area contributed by atoms with E-state index in [1.165, 1.54) is 18.5 Å². The standard InChI is InChI=1S/C10H6F2N2S/c11-7-2-1-6(3-8(7)12)9-4-13-5-10(15)14-9/h1-5H,(H,14,15). The molecule has 1 aromatic carbocycles. The van der Waals surface area contributed by atoms with Crippen LogP contribution in [0.1, 0.15) is 0 Å². The van der Waals surface area contributed by atoms with Gasteiger partial charge in [-0.1, -0.05) is 12.2 Å². The molecule has 0 aliphatic heterocycles. The molecular formula is C10H6F2N2S. The van der Waals surface area contributed by atoms with Crippen LogP contribution >= 0.6 is 12.2 Å². The minimum absolute atomic E-state index is 0.442. The van der Waals surface area contributed by atoms with E-state index in [1.807, 2.05) is 0 Å². The van der Waals surface area contributed by atoms with E-state index in [2.05, 4.69) is 9.97 Å². The average molecular weight is 224 g/mol. The van der Waals surface area contributed by atoms with E-state index < -0.39 is 11.6 Å². The Kier molecular flexibility index (Phi) is 2.55. The number of hydrogen-bond acceptors (Lipinski definition) is 2. The van der Waals surface area contributed by atoms with E-state index in [-0.39, 0.29) is 0 Å². The van der Waals surface area contributed by atoms with Crippen LogP contribution in [0.25, 0.3) is 11.3 Å². The number of hydrogen-bond donors (Lipinski definition) is 1. The van der Waals surface area contributed by atoms with Gasteiger partial charge in [0.05, 0.1) is 18.1 Å². The lowest BCUT2D eigenvalue weighted by molar-refractivity contribution is 0.509. The van der Waals surface area contributed by atoms with Crippen molar-refractivity contribution in [2.45, 2.75) is 0 Å². The molecule has 1 heterocycles. The second-order valence-corrected chi connectivity index (χ2v) is 3.38. The molecule has 0 saturated carbocycles. The summed E-state index contributed by atoms with van der Waals surface area (Å²) in [6, 6.07) is 3.62. The van der Waals surface area contributed by atoms with E-state index in [9.17, 15) is 8.78 Å². The normalized spacial score (nSPS) is 10.3. The third kappa shape index (κ3) is 2.07. The summed E-state index contributed by atoms with van der Waals surface area (Å²) in [4.78, 5) is 6.69. The molecule has 0 atom stereocenters. The molecule has 0 unspecified atom stereocenters. The van der Waals surface area contributed by atoms with E-state index in [4.69, 9.17) is 12.2 Å². The fraction of sp³-hybridized carbons (Fsp3) is 0. The zero-order valence-corrected chi connectivity index (χ0v) is 8.31. The fourth-order valence-electron chi connectivity index (χ4n) is 1.19. The van der Waals surface area contributed by atoms with Crippen molar-refractivity contribution in [2.24, 2.45) is 0 Å². The van der Waals surface area contributed by atoms with Gasteiger partial charge in [-0.05, 0) is 18.2 Å². The summed E-state index contributed by atoms with van der Waals surface area (Å²) in [5, 5.41) is 0. The Morgan fingerprint density at radius 1 is 1.13 bits per heavy atom. The topological polar surface area (TPSA) is 28.7 Å². The summed E-state index contributed by atoms with van der Waals surface area (Å²) in [5.41, 5.74) is 1.06. The molecule has 76 valence electrons. The molecule has 5 heteroatoms. The first-order chi connectivity index (χ1) is 7.16. The Morgan fingerprint density at radius 3 is 2.60 bits per heavy atom. The predicted molar refractivity (Wildman–Crippen MR) is 54.8 cm³/mol. The van der Waals surface area contributed by atoms with Crippen LogP contribution in [-0.4, -0.2) is 9.97 Å². The predicted octanol–water partition coefficient (Wildman–Crippen LogP) is 3.08. The molecule has 2 aromatic rings. The van der Waals surface area contributed by atoms with Crippen LogP contribution in [-0.2, 0) is 0 Å². The number of aromatic nitrogens is 2. The molecule has 0 radical (unpaired) electrons. The number of H-pyrrole nitrogens is 1. The van der Waals surface area contributed by atoms with Crippen molar-refractivity contribution < 1.29 is 8.78 Å². The van der Waals surface area contributed by atoms with Gasteiger partial charge in [0.1, 0.15) is 4.64 Å². The smallest absolute Gasteiger partial charge is 0.159 e. The number of benzene rings is 1. The van der Waals surface area contributed by atoms with E-state index in [1.54, 1.807) is 0 Å². The maximum absolute atomic E-state index is 12.9. The van der Waals surface area contributed by atoms with Gasteiger partial charge in [-0.25, -0.2) is 8.78 Å². The molecule has 0 bridgehead atoms. The van der Waals surface area contributed by atoms with Crippen LogP contribution < -0.4 is 0 Å². The molecule has 0 fully saturated rings. The largest absolute Gasteiger partial charge is 0.344 e. The third-order valence-corrected chi connectivity index (χ3v) is 2.09. The minimum Gasteiger partial charge on any atom is -0.344 e. The van der Waals surface area contributed by atoms with Gasteiger partial charge in [0, 0.05) is 5.56 Å². The SMILES string of the molecule is Fc1ccc(-c2cncc(=S)[nH]2)cc1F. The summed E-state index contributed by atoms with van der Waals surface area (Å²) in [7, 11) is 0. The number of aromatic amines is 1. The summed E-state index contributed by atoms with van der Waals surface area (Å²) in [6.45, 7) is 0. The molecule has 2 rings (SSSR count). The van der Waals surface area contributed by atoms with Gasteiger partial charge < -0.3 is 4.98 Å². The average Bonchev–Trinajstić information content (AvgIpc) is 2.22. The zero-order valence-electron chi connectivity index (χ0n) is 7.50. The van der Waals surface area contributed by atoms with Crippen molar-refractivity contribution in [3.05, 3.63) is 46.9 Å². The van der Waals surface area contributed by atoms with Gasteiger partial charge in [0.15, 0.2) is 11.6 Å². The van der Waals surface area contributed by atoms with Crippen LogP contribution in [0.3, 0.4) is 0 Å². The van der Waals surface area contributed by atoms with Gasteiger partial charge in [-0.15, -0.1) is 0 Å². The first-order valence-electron chi connectivity index (χ1n) is 4.16. The third-order valence-electron chi connectivity index (χ3n) is 1.88. The maximum Gasteiger partial charge on any atom is 0.159 e. The molecular weight excluding hydrogens is 218 g/mol. The fourth-order valence-corrected chi connectivity index (χ4v) is 1.36. The summed E-state index contributed by atoms with van der Waals surface area (Å²) in [6.07, 6.45) is 2.97. The zero-order chi connectivity index (χ0) is 10.8. The lowest BCUT2D eigenvalue weighted by atomic mass is 10.1. The molecule has 2 nitrogen and oxygen atoms in total. The van der Waals surface area contributed by atoms with Crippen molar-refractivity contribution in [3.63, 3.8) is 0 Å². The van der Waals surface area contributed by atoms with Crippen LogP contribution in [0.5, 0.6) is 0 Å². The van der Waals surface area contributed by atoms with Gasteiger partial charge in [-0.3, -0.25) is 4.98 Å². The molecule has 0 spiro atoms. The van der Waals surface area contributed by atoms with Crippen molar-refractivity contribution in [1.82, 2.24) is 9.97 Å². The van der Waals surface area contributed by atoms with E-state index in [0.29, 0.717) is 15.9 Å². The van der Waals surface area contributed by atoms with Crippen LogP contribution in [0.2, 0.25) is 0 Å². The monoisotopic (exact) mass is 224 g/mol. The van der Waals surface area contributed by atoms with Gasteiger partial charge in [-0.2, -0.15) is 0 Å². The Balaban J connectivity index is 2.55. The Labute approximate surface area is 89.6 Å².